The summed E-state index contributed by atoms with van der Waals surface area (Å²) >= 11 is 0. The molecule has 3 unspecified atom stereocenters. The number of allylic oxidation sites excluding steroid dienone is 4. The van der Waals surface area contributed by atoms with Crippen molar-refractivity contribution in [3.63, 3.8) is 0 Å². The van der Waals surface area contributed by atoms with E-state index < -0.39 is 42.6 Å². The number of ketones is 2. The third-order valence-electron chi connectivity index (χ3n) is 9.21. The summed E-state index contributed by atoms with van der Waals surface area (Å²) in [6.07, 6.45) is 7.64. The van der Waals surface area contributed by atoms with Gasteiger partial charge in [0.25, 0.3) is 20.2 Å². The van der Waals surface area contributed by atoms with Crippen molar-refractivity contribution in [1.82, 2.24) is 0 Å². The fraction of sp³-hybridized carbons (Fsp3) is 0.533. The fourth-order valence-electron chi connectivity index (χ4n) is 6.79. The zero-order chi connectivity index (χ0) is 29.5. The fourth-order valence-corrected chi connectivity index (χ4v) is 9.08. The molecule has 2 N–H and O–H groups in total. The van der Waals surface area contributed by atoms with Crippen molar-refractivity contribution in [3.8, 4) is 0 Å². The van der Waals surface area contributed by atoms with Gasteiger partial charge in [0.1, 0.15) is 0 Å². The van der Waals surface area contributed by atoms with Gasteiger partial charge in [0, 0.05) is 11.0 Å². The Bertz CT molecular complexity index is 1510. The van der Waals surface area contributed by atoms with E-state index in [1.54, 1.807) is 19.1 Å². The van der Waals surface area contributed by atoms with Gasteiger partial charge >= 0.3 is 0 Å². The predicted octanol–water partition coefficient (Wildman–Crippen LogP) is 5.47. The average molecular weight is 591 g/mol. The van der Waals surface area contributed by atoms with Crippen LogP contribution in [0.1, 0.15) is 83.3 Å². The molecule has 1 aromatic rings. The van der Waals surface area contributed by atoms with Crippen molar-refractivity contribution in [2.24, 2.45) is 16.7 Å². The summed E-state index contributed by atoms with van der Waals surface area (Å²) in [6.45, 7) is 5.73. The summed E-state index contributed by atoms with van der Waals surface area (Å²) < 4.78 is 66.1. The Morgan fingerprint density at radius 1 is 0.850 bits per heavy atom. The molecule has 2 saturated carbocycles. The molecule has 4 aliphatic carbocycles. The van der Waals surface area contributed by atoms with Gasteiger partial charge in [-0.25, -0.2) is 0 Å². The van der Waals surface area contributed by atoms with Crippen LogP contribution in [0.3, 0.4) is 0 Å². The third-order valence-corrected chi connectivity index (χ3v) is 11.0. The minimum atomic E-state index is -4.33. The second-order valence-corrected chi connectivity index (χ2v) is 14.7. The second kappa shape index (κ2) is 11.1. The molecule has 0 saturated heterocycles. The molecule has 40 heavy (non-hydrogen) atoms. The van der Waals surface area contributed by atoms with Crippen LogP contribution < -0.4 is 0 Å². The van der Waals surface area contributed by atoms with Gasteiger partial charge in [0.15, 0.2) is 11.6 Å². The van der Waals surface area contributed by atoms with Crippen LogP contribution in [-0.4, -0.2) is 49.0 Å². The van der Waals surface area contributed by atoms with Gasteiger partial charge in [-0.15, -0.1) is 0 Å². The molecule has 0 heterocycles. The molecule has 0 aliphatic heterocycles. The largest absolute Gasteiger partial charge is 0.294 e. The number of Topliss-reactive ketones (excluding diaryl/α,β-unsaturated/α-hetero) is 2. The lowest BCUT2D eigenvalue weighted by molar-refractivity contribution is -0.127. The van der Waals surface area contributed by atoms with Crippen molar-refractivity contribution in [2.75, 3.05) is 11.5 Å². The van der Waals surface area contributed by atoms with Crippen LogP contribution in [0.2, 0.25) is 0 Å². The van der Waals surface area contributed by atoms with Crippen molar-refractivity contribution < 1.29 is 35.5 Å². The molecule has 0 amide bonds. The Kier molecular flexibility index (Phi) is 8.49. The number of fused-ring (bicyclic) bond motifs is 4. The van der Waals surface area contributed by atoms with E-state index in [4.69, 9.17) is 0 Å². The number of hydrogen-bond donors (Lipinski definition) is 2. The summed E-state index contributed by atoms with van der Waals surface area (Å²) in [7, 11) is -8.66. The number of benzene rings is 1. The minimum Gasteiger partial charge on any atom is -0.294 e. The maximum Gasteiger partial charge on any atom is 0.265 e. The maximum absolute atomic E-state index is 13.6. The molecule has 2 bridgehead atoms. The molecule has 1 aromatic carbocycles. The average Bonchev–Trinajstić information content (AvgIpc) is 3.07. The van der Waals surface area contributed by atoms with Crippen LogP contribution in [-0.2, 0) is 29.8 Å². The SMILES string of the molecule is CCC1CCC(CC)(CS(=O)(=O)O)C(=O)/C1=C\c1ccc(/C=C2\C(=O)C3(CS(=O)(=O)O)CCC(C)=C2CC3)cc1. The monoisotopic (exact) mass is 590 g/mol. The van der Waals surface area contributed by atoms with E-state index in [9.17, 15) is 35.5 Å². The van der Waals surface area contributed by atoms with E-state index in [1.807, 2.05) is 38.1 Å². The number of carbonyl (C=O) groups excluding carboxylic acids is 2. The highest BCUT2D eigenvalue weighted by atomic mass is 32.2. The topological polar surface area (TPSA) is 143 Å². The number of carbonyl (C=O) groups is 2. The van der Waals surface area contributed by atoms with Gasteiger partial charge in [0.05, 0.1) is 16.9 Å². The van der Waals surface area contributed by atoms with Crippen molar-refractivity contribution in [3.05, 3.63) is 57.7 Å². The van der Waals surface area contributed by atoms with Gasteiger partial charge in [-0.2, -0.15) is 16.8 Å². The Labute approximate surface area is 237 Å². The Morgan fingerprint density at radius 2 is 1.43 bits per heavy atom. The highest BCUT2D eigenvalue weighted by Crippen LogP contribution is 2.49. The summed E-state index contributed by atoms with van der Waals surface area (Å²) in [4.78, 5) is 27.2. The van der Waals surface area contributed by atoms with Crippen LogP contribution in [0.4, 0.5) is 0 Å². The normalized spacial score (nSPS) is 29.9. The van der Waals surface area contributed by atoms with Crippen LogP contribution in [0, 0.1) is 16.7 Å². The molecular weight excluding hydrogens is 552 g/mol. The summed E-state index contributed by atoms with van der Waals surface area (Å²) in [6, 6.07) is 7.32. The first kappa shape index (κ1) is 30.6. The molecule has 10 heteroatoms. The van der Waals surface area contributed by atoms with Crippen LogP contribution in [0.15, 0.2) is 46.6 Å². The van der Waals surface area contributed by atoms with Gasteiger partial charge in [-0.3, -0.25) is 18.7 Å². The first-order valence-electron chi connectivity index (χ1n) is 13.8. The van der Waals surface area contributed by atoms with Gasteiger partial charge in [-0.1, -0.05) is 43.7 Å². The highest BCUT2D eigenvalue weighted by molar-refractivity contribution is 7.86. The van der Waals surface area contributed by atoms with Crippen molar-refractivity contribution in [1.29, 1.82) is 0 Å². The molecule has 218 valence electrons. The molecule has 0 aromatic heterocycles. The minimum absolute atomic E-state index is 0.0107. The van der Waals surface area contributed by atoms with E-state index in [0.717, 1.165) is 28.7 Å². The van der Waals surface area contributed by atoms with E-state index in [0.29, 0.717) is 56.1 Å². The Hall–Kier alpha value is -2.40. The van der Waals surface area contributed by atoms with Gasteiger partial charge in [-0.05, 0) is 98.6 Å². The van der Waals surface area contributed by atoms with Crippen LogP contribution in [0.25, 0.3) is 12.2 Å². The lowest BCUT2D eigenvalue weighted by Gasteiger charge is -2.38. The molecule has 3 atom stereocenters. The quantitative estimate of drug-likeness (QED) is 0.300. The smallest absolute Gasteiger partial charge is 0.265 e. The Balaban J connectivity index is 1.67. The number of hydrogen-bond acceptors (Lipinski definition) is 6. The lowest BCUT2D eigenvalue weighted by Crippen LogP contribution is -2.43. The highest BCUT2D eigenvalue weighted by Gasteiger charge is 2.49. The zero-order valence-electron chi connectivity index (χ0n) is 23.3. The molecule has 2 fully saturated rings. The predicted molar refractivity (Wildman–Crippen MR) is 155 cm³/mol. The molecule has 8 nitrogen and oxygen atoms in total. The summed E-state index contributed by atoms with van der Waals surface area (Å²) in [5, 5.41) is 0. The first-order valence-corrected chi connectivity index (χ1v) is 17.1. The van der Waals surface area contributed by atoms with E-state index in [1.165, 1.54) is 0 Å². The number of rotatable bonds is 8. The van der Waals surface area contributed by atoms with Crippen molar-refractivity contribution >= 4 is 44.0 Å². The lowest BCUT2D eigenvalue weighted by atomic mass is 9.65. The van der Waals surface area contributed by atoms with Crippen LogP contribution >= 0.6 is 0 Å². The van der Waals surface area contributed by atoms with Gasteiger partial charge in [0.2, 0.25) is 0 Å². The third kappa shape index (κ3) is 6.25. The van der Waals surface area contributed by atoms with E-state index in [2.05, 4.69) is 0 Å². The molecule has 4 aliphatic rings. The van der Waals surface area contributed by atoms with Crippen molar-refractivity contribution in [2.45, 2.75) is 72.1 Å². The summed E-state index contributed by atoms with van der Waals surface area (Å²) in [5.74, 6) is -1.65. The molecule has 0 spiro atoms. The molecule has 0 radical (unpaired) electrons. The van der Waals surface area contributed by atoms with E-state index >= 15 is 0 Å². The zero-order valence-corrected chi connectivity index (χ0v) is 24.9. The summed E-state index contributed by atoms with van der Waals surface area (Å²) in [5.41, 5.74) is 2.28. The molecule has 5 rings (SSSR count). The maximum atomic E-state index is 13.6. The molecular formula is C30H38O8S2. The van der Waals surface area contributed by atoms with Crippen LogP contribution in [0.5, 0.6) is 0 Å². The standard InChI is InChI=1S/C30H38O8S2/c1-4-23-11-14-29(5-2,18-39(33,34)35)27(31)25(23)16-21-6-8-22(9-7-21)17-26-24-12-15-30(28(26)32,13-10-20(24)3)19-40(36,37)38/h6-9,16-17,23H,4-5,10-15,18-19H2,1-3H3,(H,33,34,35)(H,36,37,38)/b25-16-,26-17-. The van der Waals surface area contributed by atoms with E-state index in [-0.39, 0.29) is 17.5 Å². The van der Waals surface area contributed by atoms with Gasteiger partial charge < -0.3 is 0 Å². The first-order chi connectivity index (χ1) is 18.6. The Morgan fingerprint density at radius 3 is 1.98 bits per heavy atom. The second-order valence-electron chi connectivity index (χ2n) is 11.8.